The molecule has 0 aromatic carbocycles. The topological polar surface area (TPSA) is 87.0 Å². The summed E-state index contributed by atoms with van der Waals surface area (Å²) < 4.78 is 5.12. The summed E-state index contributed by atoms with van der Waals surface area (Å²) in [6, 6.07) is 0. The van der Waals surface area contributed by atoms with Crippen LogP contribution in [0.5, 0.6) is 0 Å². The van der Waals surface area contributed by atoms with Crippen LogP contribution in [0, 0.1) is 0 Å². The first-order valence-electron chi connectivity index (χ1n) is 4.25. The Morgan fingerprint density at radius 3 is 2.46 bits per heavy atom. The van der Waals surface area contributed by atoms with Crippen molar-refractivity contribution in [1.29, 1.82) is 0 Å². The van der Waals surface area contributed by atoms with Gasteiger partial charge in [0.2, 0.25) is 0 Å². The van der Waals surface area contributed by atoms with Gasteiger partial charge in [0.15, 0.2) is 0 Å². The van der Waals surface area contributed by atoms with Gasteiger partial charge in [0.05, 0.1) is 24.9 Å². The Kier molecular flexibility index (Phi) is 3.80. The number of hydrogen-bond acceptors (Lipinski definition) is 5. The lowest BCUT2D eigenvalue weighted by atomic mass is 9.97. The molecule has 0 spiro atoms. The van der Waals surface area contributed by atoms with Crippen LogP contribution in [0.4, 0.5) is 0 Å². The lowest BCUT2D eigenvalue weighted by Gasteiger charge is -2.35. The van der Waals surface area contributed by atoms with E-state index >= 15 is 0 Å². The number of aliphatic hydroxyl groups is 3. The highest BCUT2D eigenvalue weighted by atomic mass is 16.5. The number of aliphatic hydroxyl groups excluding tert-OH is 3. The minimum atomic E-state index is -0.858. The maximum Gasteiger partial charge on any atom is 0.122 e. The van der Waals surface area contributed by atoms with Gasteiger partial charge in [0, 0.05) is 12.8 Å². The van der Waals surface area contributed by atoms with Gasteiger partial charge in [-0.3, -0.25) is 0 Å². The summed E-state index contributed by atoms with van der Waals surface area (Å²) >= 11 is 0. The van der Waals surface area contributed by atoms with E-state index in [1.165, 1.54) is 0 Å². The average Bonchev–Trinajstić information content (AvgIpc) is 2.10. The van der Waals surface area contributed by atoms with Crippen molar-refractivity contribution in [3.8, 4) is 0 Å². The van der Waals surface area contributed by atoms with Crippen LogP contribution in [0.2, 0.25) is 0 Å². The number of hydrogen-bond donors (Lipinski definition) is 3. The number of aldehydes is 1. The molecule has 0 saturated carbocycles. The van der Waals surface area contributed by atoms with Crippen LogP contribution in [-0.4, -0.2) is 52.6 Å². The fraction of sp³-hybridized carbons (Fsp3) is 0.875. The molecule has 4 atom stereocenters. The molecule has 1 heterocycles. The van der Waals surface area contributed by atoms with Gasteiger partial charge in [-0.15, -0.1) is 0 Å². The first kappa shape index (κ1) is 10.6. The van der Waals surface area contributed by atoms with Gasteiger partial charge in [0.1, 0.15) is 12.4 Å². The SMILES string of the molecule is O=CCC1OC(CO)C(O)CC1O. The Morgan fingerprint density at radius 1 is 1.31 bits per heavy atom. The molecule has 3 N–H and O–H groups in total. The largest absolute Gasteiger partial charge is 0.394 e. The first-order chi connectivity index (χ1) is 6.19. The summed E-state index contributed by atoms with van der Waals surface area (Å²) in [5, 5.41) is 27.4. The van der Waals surface area contributed by atoms with Crippen molar-refractivity contribution >= 4 is 6.29 Å². The highest BCUT2D eigenvalue weighted by Crippen LogP contribution is 2.21. The van der Waals surface area contributed by atoms with Crippen molar-refractivity contribution in [3.63, 3.8) is 0 Å². The van der Waals surface area contributed by atoms with Gasteiger partial charge in [-0.25, -0.2) is 0 Å². The molecule has 1 rings (SSSR count). The van der Waals surface area contributed by atoms with Gasteiger partial charge < -0.3 is 24.9 Å². The molecule has 0 radical (unpaired) electrons. The van der Waals surface area contributed by atoms with Gasteiger partial charge in [-0.1, -0.05) is 0 Å². The van der Waals surface area contributed by atoms with Crippen molar-refractivity contribution in [2.45, 2.75) is 37.3 Å². The summed E-state index contributed by atoms with van der Waals surface area (Å²) in [6.07, 6.45) is -2.09. The Morgan fingerprint density at radius 2 is 1.92 bits per heavy atom. The predicted molar refractivity (Wildman–Crippen MR) is 43.1 cm³/mol. The van der Waals surface area contributed by atoms with E-state index < -0.39 is 24.4 Å². The molecule has 13 heavy (non-hydrogen) atoms. The molecular weight excluding hydrogens is 176 g/mol. The quantitative estimate of drug-likeness (QED) is 0.469. The van der Waals surface area contributed by atoms with E-state index in [-0.39, 0.29) is 19.4 Å². The molecule has 1 fully saturated rings. The summed E-state index contributed by atoms with van der Waals surface area (Å²) in [5.41, 5.74) is 0. The Bertz CT molecular complexity index is 172. The van der Waals surface area contributed by atoms with Gasteiger partial charge in [-0.05, 0) is 0 Å². The van der Waals surface area contributed by atoms with Crippen molar-refractivity contribution in [2.24, 2.45) is 0 Å². The highest BCUT2D eigenvalue weighted by Gasteiger charge is 2.35. The molecule has 0 aromatic heterocycles. The lowest BCUT2D eigenvalue weighted by molar-refractivity contribution is -0.180. The standard InChI is InChI=1S/C8H14O5/c9-2-1-7-5(11)3-6(12)8(4-10)13-7/h2,5-8,10-12H,1,3-4H2. The number of carbonyl (C=O) groups is 1. The van der Waals surface area contributed by atoms with Crippen LogP contribution in [0.3, 0.4) is 0 Å². The van der Waals surface area contributed by atoms with E-state index in [4.69, 9.17) is 9.84 Å². The fourth-order valence-corrected chi connectivity index (χ4v) is 1.43. The zero-order chi connectivity index (χ0) is 9.84. The molecule has 0 bridgehead atoms. The maximum absolute atomic E-state index is 10.2. The van der Waals surface area contributed by atoms with Crippen LogP contribution in [-0.2, 0) is 9.53 Å². The second kappa shape index (κ2) is 4.66. The molecular formula is C8H14O5. The van der Waals surface area contributed by atoms with Crippen molar-refractivity contribution in [3.05, 3.63) is 0 Å². The van der Waals surface area contributed by atoms with Crippen LogP contribution in [0.1, 0.15) is 12.8 Å². The normalized spacial score (nSPS) is 40.2. The van der Waals surface area contributed by atoms with E-state index in [0.717, 1.165) is 0 Å². The van der Waals surface area contributed by atoms with E-state index in [2.05, 4.69) is 0 Å². The Labute approximate surface area is 75.9 Å². The fourth-order valence-electron chi connectivity index (χ4n) is 1.43. The Balaban J connectivity index is 2.52. The summed E-state index contributed by atoms with van der Waals surface area (Å²) in [4.78, 5) is 10.2. The third-order valence-corrected chi connectivity index (χ3v) is 2.20. The van der Waals surface area contributed by atoms with E-state index in [0.29, 0.717) is 6.29 Å². The van der Waals surface area contributed by atoms with E-state index in [1.54, 1.807) is 0 Å². The molecule has 1 aliphatic heterocycles. The smallest absolute Gasteiger partial charge is 0.122 e. The molecule has 0 aromatic rings. The molecule has 0 aliphatic carbocycles. The number of rotatable bonds is 3. The van der Waals surface area contributed by atoms with Crippen molar-refractivity contribution in [2.75, 3.05) is 6.61 Å². The summed E-state index contributed by atoms with van der Waals surface area (Å²) in [6.45, 7) is -0.302. The molecule has 5 heteroatoms. The number of carbonyl (C=O) groups excluding carboxylic acids is 1. The van der Waals surface area contributed by atoms with Crippen LogP contribution >= 0.6 is 0 Å². The van der Waals surface area contributed by atoms with Gasteiger partial charge in [0.25, 0.3) is 0 Å². The second-order valence-electron chi connectivity index (χ2n) is 3.17. The third-order valence-electron chi connectivity index (χ3n) is 2.20. The average molecular weight is 190 g/mol. The summed E-state index contributed by atoms with van der Waals surface area (Å²) in [7, 11) is 0. The van der Waals surface area contributed by atoms with Gasteiger partial charge >= 0.3 is 0 Å². The van der Waals surface area contributed by atoms with Crippen molar-refractivity contribution in [1.82, 2.24) is 0 Å². The van der Waals surface area contributed by atoms with Crippen LogP contribution < -0.4 is 0 Å². The van der Waals surface area contributed by atoms with Crippen LogP contribution in [0.15, 0.2) is 0 Å². The maximum atomic E-state index is 10.2. The van der Waals surface area contributed by atoms with Crippen molar-refractivity contribution < 1.29 is 24.9 Å². The molecule has 76 valence electrons. The zero-order valence-electron chi connectivity index (χ0n) is 7.17. The number of ether oxygens (including phenoxy) is 1. The van der Waals surface area contributed by atoms with Crippen LogP contribution in [0.25, 0.3) is 0 Å². The van der Waals surface area contributed by atoms with E-state index in [9.17, 15) is 15.0 Å². The van der Waals surface area contributed by atoms with Gasteiger partial charge in [-0.2, -0.15) is 0 Å². The monoisotopic (exact) mass is 190 g/mol. The minimum absolute atomic E-state index is 0.0877. The lowest BCUT2D eigenvalue weighted by Crippen LogP contribution is -2.48. The highest BCUT2D eigenvalue weighted by molar-refractivity contribution is 5.50. The third kappa shape index (κ3) is 2.47. The summed E-state index contributed by atoms with van der Waals surface area (Å²) in [5.74, 6) is 0. The molecule has 1 aliphatic rings. The first-order valence-corrected chi connectivity index (χ1v) is 4.25. The zero-order valence-corrected chi connectivity index (χ0v) is 7.17. The predicted octanol–water partition coefficient (Wildman–Crippen LogP) is -1.55. The second-order valence-corrected chi connectivity index (χ2v) is 3.17. The van der Waals surface area contributed by atoms with E-state index in [1.807, 2.05) is 0 Å². The molecule has 5 nitrogen and oxygen atoms in total. The minimum Gasteiger partial charge on any atom is -0.394 e. The Hall–Kier alpha value is -0.490. The molecule has 4 unspecified atom stereocenters. The molecule has 0 amide bonds. The molecule has 1 saturated heterocycles.